The second-order valence-electron chi connectivity index (χ2n) is 6.72. The molecule has 3 N–H and O–H groups in total. The molecule has 3 rings (SSSR count). The number of carbonyl (C=O) groups is 1. The molecule has 0 aromatic heterocycles. The first kappa shape index (κ1) is 17.5. The van der Waals surface area contributed by atoms with Gasteiger partial charge in [-0.2, -0.15) is 0 Å². The van der Waals surface area contributed by atoms with Crippen LogP contribution in [0.15, 0.2) is 48.5 Å². The summed E-state index contributed by atoms with van der Waals surface area (Å²) in [4.78, 5) is 14.7. The summed E-state index contributed by atoms with van der Waals surface area (Å²) in [6.07, 6.45) is 0. The van der Waals surface area contributed by atoms with Crippen molar-refractivity contribution in [1.82, 2.24) is 4.90 Å². The standard InChI is InChI=1S/C20H25N3O2/c1-14-11-23(13-19(14)21)12-15-4-3-5-17(10-15)22-20(24)16-6-8-18(25-2)9-7-16/h3-10,14,19H,11-13,21H2,1-2H3,(H,22,24). The highest BCUT2D eigenvalue weighted by Crippen LogP contribution is 2.20. The third kappa shape index (κ3) is 4.38. The van der Waals surface area contributed by atoms with Gasteiger partial charge in [0.2, 0.25) is 0 Å². The van der Waals surface area contributed by atoms with Gasteiger partial charge in [0.15, 0.2) is 0 Å². The lowest BCUT2D eigenvalue weighted by molar-refractivity contribution is 0.102. The van der Waals surface area contributed by atoms with E-state index < -0.39 is 0 Å². The van der Waals surface area contributed by atoms with Crippen LogP contribution in [-0.4, -0.2) is 37.0 Å². The van der Waals surface area contributed by atoms with Crippen molar-refractivity contribution in [2.75, 3.05) is 25.5 Å². The molecule has 1 fully saturated rings. The zero-order valence-corrected chi connectivity index (χ0v) is 14.7. The van der Waals surface area contributed by atoms with Crippen LogP contribution in [0.4, 0.5) is 5.69 Å². The Morgan fingerprint density at radius 2 is 2.00 bits per heavy atom. The summed E-state index contributed by atoms with van der Waals surface area (Å²) in [6.45, 7) is 4.98. The first-order valence-corrected chi connectivity index (χ1v) is 8.57. The Bertz CT molecular complexity index is 720. The van der Waals surface area contributed by atoms with Gasteiger partial charge in [0.1, 0.15) is 5.75 Å². The van der Waals surface area contributed by atoms with Crippen molar-refractivity contribution in [3.8, 4) is 5.75 Å². The lowest BCUT2D eigenvalue weighted by Crippen LogP contribution is -2.28. The first-order valence-electron chi connectivity index (χ1n) is 8.57. The zero-order chi connectivity index (χ0) is 17.8. The molecule has 2 aromatic carbocycles. The molecule has 5 nitrogen and oxygen atoms in total. The summed E-state index contributed by atoms with van der Waals surface area (Å²) < 4.78 is 5.12. The average molecular weight is 339 g/mol. The van der Waals surface area contributed by atoms with Gasteiger partial charge in [0.05, 0.1) is 7.11 Å². The number of hydrogen-bond acceptors (Lipinski definition) is 4. The fourth-order valence-corrected chi connectivity index (χ4v) is 3.18. The van der Waals surface area contributed by atoms with Crippen molar-refractivity contribution in [3.63, 3.8) is 0 Å². The van der Waals surface area contributed by atoms with Gasteiger partial charge in [0.25, 0.3) is 5.91 Å². The molecule has 1 aliphatic heterocycles. The fraction of sp³-hybridized carbons (Fsp3) is 0.350. The third-order valence-corrected chi connectivity index (χ3v) is 4.69. The number of methoxy groups -OCH3 is 1. The van der Waals surface area contributed by atoms with E-state index >= 15 is 0 Å². The van der Waals surface area contributed by atoms with Gasteiger partial charge >= 0.3 is 0 Å². The Morgan fingerprint density at radius 3 is 2.64 bits per heavy atom. The Hall–Kier alpha value is -2.37. The first-order chi connectivity index (χ1) is 12.0. The zero-order valence-electron chi connectivity index (χ0n) is 14.7. The second-order valence-corrected chi connectivity index (χ2v) is 6.72. The third-order valence-electron chi connectivity index (χ3n) is 4.69. The number of ether oxygens (including phenoxy) is 1. The van der Waals surface area contributed by atoms with Crippen molar-refractivity contribution < 1.29 is 9.53 Å². The topological polar surface area (TPSA) is 67.6 Å². The summed E-state index contributed by atoms with van der Waals surface area (Å²) >= 11 is 0. The van der Waals surface area contributed by atoms with E-state index in [9.17, 15) is 4.79 Å². The van der Waals surface area contributed by atoms with Crippen LogP contribution in [0.5, 0.6) is 5.75 Å². The maximum atomic E-state index is 12.4. The Kier molecular flexibility index (Phi) is 5.36. The van der Waals surface area contributed by atoms with E-state index in [1.54, 1.807) is 31.4 Å². The minimum atomic E-state index is -0.128. The lowest BCUT2D eigenvalue weighted by Gasteiger charge is -2.16. The molecule has 1 amide bonds. The normalized spacial score (nSPS) is 20.4. The highest BCUT2D eigenvalue weighted by atomic mass is 16.5. The number of hydrogen-bond donors (Lipinski definition) is 2. The molecule has 1 heterocycles. The van der Waals surface area contributed by atoms with Crippen LogP contribution < -0.4 is 15.8 Å². The number of nitrogens with two attached hydrogens (primary N) is 1. The fourth-order valence-electron chi connectivity index (χ4n) is 3.18. The molecule has 0 spiro atoms. The van der Waals surface area contributed by atoms with Crippen LogP contribution in [-0.2, 0) is 6.54 Å². The maximum Gasteiger partial charge on any atom is 0.255 e. The van der Waals surface area contributed by atoms with Crippen LogP contribution in [0.1, 0.15) is 22.8 Å². The summed E-state index contributed by atoms with van der Waals surface area (Å²) in [5.74, 6) is 1.13. The molecule has 132 valence electrons. The number of nitrogens with one attached hydrogen (secondary N) is 1. The minimum Gasteiger partial charge on any atom is -0.497 e. The number of anilines is 1. The minimum absolute atomic E-state index is 0.128. The van der Waals surface area contributed by atoms with Gasteiger partial charge in [-0.3, -0.25) is 9.69 Å². The second kappa shape index (κ2) is 7.68. The van der Waals surface area contributed by atoms with E-state index in [1.165, 1.54) is 5.56 Å². The molecule has 25 heavy (non-hydrogen) atoms. The Morgan fingerprint density at radius 1 is 1.24 bits per heavy atom. The largest absolute Gasteiger partial charge is 0.497 e. The van der Waals surface area contributed by atoms with E-state index in [4.69, 9.17) is 10.5 Å². The lowest BCUT2D eigenvalue weighted by atomic mass is 10.1. The Labute approximate surface area is 148 Å². The van der Waals surface area contributed by atoms with Gasteiger partial charge < -0.3 is 15.8 Å². The van der Waals surface area contributed by atoms with Crippen LogP contribution in [0.3, 0.4) is 0 Å². The van der Waals surface area contributed by atoms with Crippen LogP contribution in [0.25, 0.3) is 0 Å². The monoisotopic (exact) mass is 339 g/mol. The van der Waals surface area contributed by atoms with Crippen molar-refractivity contribution >= 4 is 11.6 Å². The number of rotatable bonds is 5. The molecule has 0 bridgehead atoms. The SMILES string of the molecule is COc1ccc(C(=O)Nc2cccc(CN3CC(C)C(N)C3)c2)cc1. The van der Waals surface area contributed by atoms with Gasteiger partial charge in [-0.25, -0.2) is 0 Å². The smallest absolute Gasteiger partial charge is 0.255 e. The Balaban J connectivity index is 1.63. The number of carbonyl (C=O) groups excluding carboxylic acids is 1. The van der Waals surface area contributed by atoms with Crippen LogP contribution in [0.2, 0.25) is 0 Å². The van der Waals surface area contributed by atoms with Crippen LogP contribution in [0, 0.1) is 5.92 Å². The van der Waals surface area contributed by atoms with Gasteiger partial charge in [-0.15, -0.1) is 0 Å². The van der Waals surface area contributed by atoms with Crippen molar-refractivity contribution in [1.29, 1.82) is 0 Å². The van der Waals surface area contributed by atoms with E-state index in [-0.39, 0.29) is 11.9 Å². The number of benzene rings is 2. The molecule has 0 saturated carbocycles. The molecule has 1 saturated heterocycles. The molecule has 5 heteroatoms. The molecular weight excluding hydrogens is 314 g/mol. The predicted octanol–water partition coefficient (Wildman–Crippen LogP) is 2.73. The molecule has 1 aliphatic rings. The maximum absolute atomic E-state index is 12.4. The quantitative estimate of drug-likeness (QED) is 0.879. The van der Waals surface area contributed by atoms with Crippen molar-refractivity contribution in [3.05, 3.63) is 59.7 Å². The number of amides is 1. The molecule has 2 unspecified atom stereocenters. The van der Waals surface area contributed by atoms with E-state index in [1.807, 2.05) is 18.2 Å². The summed E-state index contributed by atoms with van der Waals surface area (Å²) in [7, 11) is 1.61. The highest BCUT2D eigenvalue weighted by Gasteiger charge is 2.26. The van der Waals surface area contributed by atoms with Gasteiger partial charge in [-0.05, 0) is 47.9 Å². The average Bonchev–Trinajstić information content (AvgIpc) is 2.92. The van der Waals surface area contributed by atoms with E-state index in [0.717, 1.165) is 31.1 Å². The van der Waals surface area contributed by atoms with Gasteiger partial charge in [-0.1, -0.05) is 19.1 Å². The number of likely N-dealkylation sites (tertiary alicyclic amines) is 1. The number of nitrogens with zero attached hydrogens (tertiary/aromatic N) is 1. The highest BCUT2D eigenvalue weighted by molar-refractivity contribution is 6.04. The van der Waals surface area contributed by atoms with E-state index in [0.29, 0.717) is 11.5 Å². The molecule has 0 radical (unpaired) electrons. The molecule has 2 atom stereocenters. The summed E-state index contributed by atoms with van der Waals surface area (Å²) in [5.41, 5.74) is 8.67. The van der Waals surface area contributed by atoms with Crippen LogP contribution >= 0.6 is 0 Å². The molecular formula is C20H25N3O2. The van der Waals surface area contributed by atoms with Gasteiger partial charge in [0, 0.05) is 36.9 Å². The molecule has 0 aliphatic carbocycles. The van der Waals surface area contributed by atoms with Crippen molar-refractivity contribution in [2.45, 2.75) is 19.5 Å². The predicted molar refractivity (Wildman–Crippen MR) is 99.8 cm³/mol. The summed E-state index contributed by atoms with van der Waals surface area (Å²) in [6, 6.07) is 15.3. The molecule has 2 aromatic rings. The van der Waals surface area contributed by atoms with E-state index in [2.05, 4.69) is 23.2 Å². The summed E-state index contributed by atoms with van der Waals surface area (Å²) in [5, 5.41) is 2.96. The van der Waals surface area contributed by atoms with Crippen molar-refractivity contribution in [2.24, 2.45) is 11.7 Å².